The van der Waals surface area contributed by atoms with Crippen LogP contribution >= 0.6 is 0 Å². The van der Waals surface area contributed by atoms with Gasteiger partial charge in [0.1, 0.15) is 6.61 Å². The fourth-order valence-electron chi connectivity index (χ4n) is 3.21. The van der Waals surface area contributed by atoms with Gasteiger partial charge in [0, 0.05) is 20.5 Å². The zero-order chi connectivity index (χ0) is 19.5. The Morgan fingerprint density at radius 3 is 2.42 bits per heavy atom. The first-order chi connectivity index (χ1) is 12.4. The van der Waals surface area contributed by atoms with E-state index in [-0.39, 0.29) is 42.5 Å². The van der Waals surface area contributed by atoms with E-state index in [1.165, 1.54) is 13.8 Å². The number of amides is 1. The number of ether oxygens (including phenoxy) is 3. The first kappa shape index (κ1) is 22.6. The molecule has 1 saturated heterocycles. The number of esters is 1. The van der Waals surface area contributed by atoms with Gasteiger partial charge in [-0.1, -0.05) is 32.8 Å². The summed E-state index contributed by atoms with van der Waals surface area (Å²) in [6.45, 7) is 11.5. The van der Waals surface area contributed by atoms with Crippen molar-refractivity contribution in [3.63, 3.8) is 0 Å². The lowest BCUT2D eigenvalue weighted by molar-refractivity contribution is -0.244. The SMILES string of the molecule is C=CCCCCCCO[C@@H]1OC(COC(C)=O)[C@H](C)[C@H](C)C1NC(C)=O. The molecule has 5 atom stereocenters. The van der Waals surface area contributed by atoms with Gasteiger partial charge >= 0.3 is 5.97 Å². The minimum absolute atomic E-state index is 0.103. The lowest BCUT2D eigenvalue weighted by Gasteiger charge is -2.44. The largest absolute Gasteiger partial charge is 0.463 e. The average molecular weight is 370 g/mol. The van der Waals surface area contributed by atoms with Crippen LogP contribution in [0, 0.1) is 11.8 Å². The highest BCUT2D eigenvalue weighted by Gasteiger charge is 2.42. The third-order valence-electron chi connectivity index (χ3n) is 4.99. The highest BCUT2D eigenvalue weighted by atomic mass is 16.7. The van der Waals surface area contributed by atoms with Crippen LogP contribution in [0.25, 0.3) is 0 Å². The average Bonchev–Trinajstić information content (AvgIpc) is 2.58. The predicted molar refractivity (Wildman–Crippen MR) is 100 cm³/mol. The fourth-order valence-corrected chi connectivity index (χ4v) is 3.21. The molecular formula is C20H35NO5. The van der Waals surface area contributed by atoms with Gasteiger partial charge < -0.3 is 19.5 Å². The molecular weight excluding hydrogens is 334 g/mol. The molecule has 1 fully saturated rings. The lowest BCUT2D eigenvalue weighted by atomic mass is 9.82. The first-order valence-corrected chi connectivity index (χ1v) is 9.65. The van der Waals surface area contributed by atoms with Gasteiger partial charge in [0.05, 0.1) is 12.1 Å². The summed E-state index contributed by atoms with van der Waals surface area (Å²) in [5.74, 6) is -0.153. The Bertz CT molecular complexity index is 451. The zero-order valence-electron chi connectivity index (χ0n) is 16.7. The number of unbranched alkanes of at least 4 members (excludes halogenated alkanes) is 4. The second kappa shape index (κ2) is 12.1. The van der Waals surface area contributed by atoms with Crippen LogP contribution in [0.4, 0.5) is 0 Å². The van der Waals surface area contributed by atoms with Crippen LogP contribution in [0.1, 0.15) is 59.8 Å². The highest BCUT2D eigenvalue weighted by Crippen LogP contribution is 2.31. The summed E-state index contributed by atoms with van der Waals surface area (Å²) in [6, 6.07) is -0.211. The second-order valence-corrected chi connectivity index (χ2v) is 7.15. The summed E-state index contributed by atoms with van der Waals surface area (Å²) in [7, 11) is 0. The monoisotopic (exact) mass is 369 g/mol. The van der Waals surface area contributed by atoms with Crippen molar-refractivity contribution in [2.24, 2.45) is 11.8 Å². The van der Waals surface area contributed by atoms with E-state index in [4.69, 9.17) is 14.2 Å². The molecule has 2 unspecified atom stereocenters. The molecule has 0 saturated carbocycles. The highest BCUT2D eigenvalue weighted by molar-refractivity contribution is 5.73. The van der Waals surface area contributed by atoms with Gasteiger partial charge in [-0.25, -0.2) is 0 Å². The van der Waals surface area contributed by atoms with E-state index < -0.39 is 6.29 Å². The van der Waals surface area contributed by atoms with Gasteiger partial charge in [-0.05, 0) is 31.1 Å². The van der Waals surface area contributed by atoms with Gasteiger partial charge in [-0.15, -0.1) is 6.58 Å². The molecule has 150 valence electrons. The quantitative estimate of drug-likeness (QED) is 0.344. The van der Waals surface area contributed by atoms with Crippen LogP contribution in [-0.4, -0.2) is 43.5 Å². The molecule has 1 heterocycles. The summed E-state index contributed by atoms with van der Waals surface area (Å²) in [4.78, 5) is 22.7. The number of carbonyl (C=O) groups is 2. The number of hydrogen-bond donors (Lipinski definition) is 1. The molecule has 6 nitrogen and oxygen atoms in total. The van der Waals surface area contributed by atoms with Crippen molar-refractivity contribution in [2.75, 3.05) is 13.2 Å². The molecule has 0 aromatic rings. The van der Waals surface area contributed by atoms with Gasteiger partial charge in [0.2, 0.25) is 5.91 Å². The molecule has 0 spiro atoms. The molecule has 0 radical (unpaired) electrons. The Morgan fingerprint density at radius 2 is 1.81 bits per heavy atom. The normalized spacial score (nSPS) is 28.4. The maximum Gasteiger partial charge on any atom is 0.302 e. The molecule has 0 aromatic carbocycles. The van der Waals surface area contributed by atoms with Crippen molar-refractivity contribution in [1.82, 2.24) is 5.32 Å². The first-order valence-electron chi connectivity index (χ1n) is 9.65. The number of nitrogens with one attached hydrogen (secondary N) is 1. The van der Waals surface area contributed by atoms with E-state index in [2.05, 4.69) is 18.8 Å². The van der Waals surface area contributed by atoms with Crippen LogP contribution < -0.4 is 5.32 Å². The number of hydrogen-bond acceptors (Lipinski definition) is 5. The van der Waals surface area contributed by atoms with Crippen LogP contribution in [0.3, 0.4) is 0 Å². The summed E-state index contributed by atoms with van der Waals surface area (Å²) in [5, 5.41) is 2.96. The molecule has 1 N–H and O–H groups in total. The van der Waals surface area contributed by atoms with Crippen molar-refractivity contribution >= 4 is 11.9 Å². The Morgan fingerprint density at radius 1 is 1.12 bits per heavy atom. The van der Waals surface area contributed by atoms with E-state index in [0.717, 1.165) is 32.1 Å². The predicted octanol–water partition coefficient (Wildman–Crippen LogP) is 3.20. The van der Waals surface area contributed by atoms with Crippen molar-refractivity contribution in [3.05, 3.63) is 12.7 Å². The van der Waals surface area contributed by atoms with Gasteiger partial charge in [-0.3, -0.25) is 9.59 Å². The molecule has 1 aliphatic heterocycles. The smallest absolute Gasteiger partial charge is 0.302 e. The summed E-state index contributed by atoms with van der Waals surface area (Å²) in [5.41, 5.74) is 0. The Kier molecular flexibility index (Phi) is 10.5. The Hall–Kier alpha value is -1.40. The van der Waals surface area contributed by atoms with Gasteiger partial charge in [-0.2, -0.15) is 0 Å². The van der Waals surface area contributed by atoms with Crippen molar-refractivity contribution < 1.29 is 23.8 Å². The summed E-state index contributed by atoms with van der Waals surface area (Å²) < 4.78 is 17.1. The third-order valence-corrected chi connectivity index (χ3v) is 4.99. The second-order valence-electron chi connectivity index (χ2n) is 7.15. The maximum atomic E-state index is 11.6. The molecule has 0 bridgehead atoms. The third kappa shape index (κ3) is 7.87. The Balaban J connectivity index is 2.57. The maximum absolute atomic E-state index is 11.6. The van der Waals surface area contributed by atoms with Gasteiger partial charge in [0.15, 0.2) is 6.29 Å². The molecule has 1 amide bonds. The topological polar surface area (TPSA) is 73.9 Å². The van der Waals surface area contributed by atoms with Crippen molar-refractivity contribution in [1.29, 1.82) is 0 Å². The minimum Gasteiger partial charge on any atom is -0.463 e. The number of carbonyl (C=O) groups excluding carboxylic acids is 2. The number of rotatable bonds is 11. The van der Waals surface area contributed by atoms with Crippen LogP contribution in [0.5, 0.6) is 0 Å². The van der Waals surface area contributed by atoms with Crippen LogP contribution in [0.15, 0.2) is 12.7 Å². The van der Waals surface area contributed by atoms with Crippen molar-refractivity contribution in [3.8, 4) is 0 Å². The van der Waals surface area contributed by atoms with E-state index in [1.54, 1.807) is 0 Å². The van der Waals surface area contributed by atoms with Gasteiger partial charge in [0.25, 0.3) is 0 Å². The molecule has 0 aromatic heterocycles. The summed E-state index contributed by atoms with van der Waals surface area (Å²) >= 11 is 0. The van der Waals surface area contributed by atoms with E-state index in [1.807, 2.05) is 13.0 Å². The van der Waals surface area contributed by atoms with Crippen molar-refractivity contribution in [2.45, 2.75) is 78.2 Å². The van der Waals surface area contributed by atoms with Crippen LogP contribution in [0.2, 0.25) is 0 Å². The fraction of sp³-hybridized carbons (Fsp3) is 0.800. The summed E-state index contributed by atoms with van der Waals surface area (Å²) in [6.07, 6.45) is 6.56. The Labute approximate surface area is 157 Å². The minimum atomic E-state index is -0.529. The zero-order valence-corrected chi connectivity index (χ0v) is 16.7. The molecule has 26 heavy (non-hydrogen) atoms. The van der Waals surface area contributed by atoms with Crippen LogP contribution in [-0.2, 0) is 23.8 Å². The molecule has 1 aliphatic rings. The standard InChI is InChI=1S/C20H35NO5/c1-6-7-8-9-10-11-12-24-20-19(21-16(4)22)15(3)14(2)18(26-20)13-25-17(5)23/h6,14-15,18-20H,1,7-13H2,2-5H3,(H,21,22)/t14-,15+,18?,19?,20-/m1/s1. The number of allylic oxidation sites excluding steroid dienone is 1. The lowest BCUT2D eigenvalue weighted by Crippen LogP contribution is -2.58. The van der Waals surface area contributed by atoms with E-state index in [0.29, 0.717) is 6.61 Å². The molecule has 6 heteroatoms. The van der Waals surface area contributed by atoms with E-state index >= 15 is 0 Å². The molecule has 0 aliphatic carbocycles. The van der Waals surface area contributed by atoms with E-state index in [9.17, 15) is 9.59 Å². The molecule has 1 rings (SSSR count).